The Morgan fingerprint density at radius 2 is 1.67 bits per heavy atom. The SMILES string of the molecule is CCCO/C(=C/C=C(C)C)N(CC)CC. The number of ether oxygens (including phenoxy) is 1. The molecule has 0 fully saturated rings. The highest BCUT2D eigenvalue weighted by atomic mass is 16.5. The van der Waals surface area contributed by atoms with Crippen molar-refractivity contribution >= 4 is 0 Å². The van der Waals surface area contributed by atoms with Gasteiger partial charge in [0.2, 0.25) is 0 Å². The van der Waals surface area contributed by atoms with Gasteiger partial charge < -0.3 is 9.64 Å². The minimum atomic E-state index is 0.791. The van der Waals surface area contributed by atoms with E-state index in [9.17, 15) is 0 Å². The van der Waals surface area contributed by atoms with Crippen LogP contribution in [0.25, 0.3) is 0 Å². The van der Waals surface area contributed by atoms with Crippen molar-refractivity contribution in [2.75, 3.05) is 19.7 Å². The van der Waals surface area contributed by atoms with E-state index in [4.69, 9.17) is 4.74 Å². The summed E-state index contributed by atoms with van der Waals surface area (Å²) in [6.45, 7) is 13.4. The van der Waals surface area contributed by atoms with E-state index in [0.717, 1.165) is 32.0 Å². The highest BCUT2D eigenvalue weighted by Gasteiger charge is 2.04. The van der Waals surface area contributed by atoms with Crippen molar-refractivity contribution in [3.05, 3.63) is 23.6 Å². The molecule has 0 N–H and O–H groups in total. The number of hydrogen-bond donors (Lipinski definition) is 0. The molecule has 15 heavy (non-hydrogen) atoms. The van der Waals surface area contributed by atoms with E-state index >= 15 is 0 Å². The zero-order valence-electron chi connectivity index (χ0n) is 10.8. The van der Waals surface area contributed by atoms with Crippen LogP contribution in [-0.4, -0.2) is 24.6 Å². The van der Waals surface area contributed by atoms with Crippen molar-refractivity contribution in [1.82, 2.24) is 4.90 Å². The minimum absolute atomic E-state index is 0.791. The van der Waals surface area contributed by atoms with Crippen LogP contribution in [0.4, 0.5) is 0 Å². The molecule has 0 aromatic heterocycles. The normalized spacial score (nSPS) is 11.1. The lowest BCUT2D eigenvalue weighted by molar-refractivity contribution is 0.119. The molecule has 0 aliphatic rings. The molecule has 0 bridgehead atoms. The van der Waals surface area contributed by atoms with Crippen LogP contribution in [0, 0.1) is 0 Å². The lowest BCUT2D eigenvalue weighted by Crippen LogP contribution is -2.24. The second kappa shape index (κ2) is 8.39. The molecule has 2 nitrogen and oxygen atoms in total. The maximum atomic E-state index is 5.73. The van der Waals surface area contributed by atoms with E-state index in [1.807, 2.05) is 0 Å². The first-order valence-corrected chi connectivity index (χ1v) is 5.88. The van der Waals surface area contributed by atoms with Crippen LogP contribution in [0.5, 0.6) is 0 Å². The van der Waals surface area contributed by atoms with E-state index < -0.39 is 0 Å². The highest BCUT2D eigenvalue weighted by molar-refractivity contribution is 5.11. The van der Waals surface area contributed by atoms with Crippen molar-refractivity contribution in [3.8, 4) is 0 Å². The molecule has 0 heterocycles. The van der Waals surface area contributed by atoms with Gasteiger partial charge in [-0.25, -0.2) is 0 Å². The maximum Gasteiger partial charge on any atom is 0.189 e. The molecule has 0 amide bonds. The fourth-order valence-corrected chi connectivity index (χ4v) is 1.22. The molecule has 0 spiro atoms. The van der Waals surface area contributed by atoms with Crippen molar-refractivity contribution in [3.63, 3.8) is 0 Å². The van der Waals surface area contributed by atoms with E-state index in [2.05, 4.69) is 51.7 Å². The first-order valence-electron chi connectivity index (χ1n) is 5.88. The fourth-order valence-electron chi connectivity index (χ4n) is 1.22. The van der Waals surface area contributed by atoms with Gasteiger partial charge >= 0.3 is 0 Å². The Labute approximate surface area is 94.6 Å². The standard InChI is InChI=1S/C13H25NO/c1-6-11-15-13(10-9-12(4)5)14(7-2)8-3/h9-10H,6-8,11H2,1-5H3/b13-10+. The maximum absolute atomic E-state index is 5.73. The largest absolute Gasteiger partial charge is 0.479 e. The molecule has 0 rings (SSSR count). The first kappa shape index (κ1) is 14.1. The third-order valence-electron chi connectivity index (χ3n) is 2.09. The van der Waals surface area contributed by atoms with Gasteiger partial charge in [0.05, 0.1) is 6.61 Å². The number of hydrogen-bond acceptors (Lipinski definition) is 2. The van der Waals surface area contributed by atoms with Crippen LogP contribution < -0.4 is 0 Å². The molecular weight excluding hydrogens is 186 g/mol. The fraction of sp³-hybridized carbons (Fsp3) is 0.692. The number of nitrogens with zero attached hydrogens (tertiary/aromatic N) is 1. The molecular formula is C13H25NO. The molecule has 0 unspecified atom stereocenters. The summed E-state index contributed by atoms with van der Waals surface area (Å²) in [6.07, 6.45) is 5.22. The predicted octanol–water partition coefficient (Wildman–Crippen LogP) is 3.56. The molecule has 0 saturated carbocycles. The summed E-state index contributed by atoms with van der Waals surface area (Å²) in [6, 6.07) is 0. The Morgan fingerprint density at radius 1 is 1.07 bits per heavy atom. The highest BCUT2D eigenvalue weighted by Crippen LogP contribution is 2.07. The summed E-state index contributed by atoms with van der Waals surface area (Å²) in [5, 5.41) is 0. The molecule has 2 heteroatoms. The van der Waals surface area contributed by atoms with Crippen LogP contribution in [0.1, 0.15) is 41.0 Å². The second-order valence-electron chi connectivity index (χ2n) is 3.77. The molecule has 0 radical (unpaired) electrons. The van der Waals surface area contributed by atoms with Gasteiger partial charge in [-0.05, 0) is 40.2 Å². The third kappa shape index (κ3) is 6.21. The summed E-state index contributed by atoms with van der Waals surface area (Å²) in [5.41, 5.74) is 1.29. The summed E-state index contributed by atoms with van der Waals surface area (Å²) < 4.78 is 5.73. The Kier molecular flexibility index (Phi) is 7.88. The van der Waals surface area contributed by atoms with Gasteiger partial charge in [0.25, 0.3) is 0 Å². The van der Waals surface area contributed by atoms with Gasteiger partial charge in [0, 0.05) is 13.1 Å². The van der Waals surface area contributed by atoms with Crippen LogP contribution in [0.2, 0.25) is 0 Å². The summed E-state index contributed by atoms with van der Waals surface area (Å²) in [7, 11) is 0. The first-order chi connectivity index (χ1) is 7.15. The van der Waals surface area contributed by atoms with Gasteiger partial charge in [0.1, 0.15) is 0 Å². The van der Waals surface area contributed by atoms with Gasteiger partial charge in [0.15, 0.2) is 5.88 Å². The molecule has 0 aromatic carbocycles. The summed E-state index contributed by atoms with van der Waals surface area (Å²) in [4.78, 5) is 2.23. The third-order valence-corrected chi connectivity index (χ3v) is 2.09. The number of rotatable bonds is 7. The van der Waals surface area contributed by atoms with Crippen LogP contribution in [0.15, 0.2) is 23.6 Å². The van der Waals surface area contributed by atoms with Gasteiger partial charge in [-0.15, -0.1) is 0 Å². The van der Waals surface area contributed by atoms with Crippen LogP contribution in [0.3, 0.4) is 0 Å². The molecule has 88 valence electrons. The number of allylic oxidation sites excluding steroid dienone is 3. The van der Waals surface area contributed by atoms with Gasteiger partial charge in [-0.3, -0.25) is 0 Å². The Hall–Kier alpha value is -0.920. The van der Waals surface area contributed by atoms with Gasteiger partial charge in [-0.2, -0.15) is 0 Å². The van der Waals surface area contributed by atoms with E-state index in [1.54, 1.807) is 0 Å². The zero-order valence-corrected chi connectivity index (χ0v) is 10.8. The van der Waals surface area contributed by atoms with E-state index in [1.165, 1.54) is 5.57 Å². The lowest BCUT2D eigenvalue weighted by atomic mass is 10.3. The topological polar surface area (TPSA) is 12.5 Å². The van der Waals surface area contributed by atoms with Crippen molar-refractivity contribution in [2.24, 2.45) is 0 Å². The van der Waals surface area contributed by atoms with Crippen molar-refractivity contribution < 1.29 is 4.74 Å². The smallest absolute Gasteiger partial charge is 0.189 e. The average molecular weight is 211 g/mol. The summed E-state index contributed by atoms with van der Waals surface area (Å²) >= 11 is 0. The second-order valence-corrected chi connectivity index (χ2v) is 3.77. The predicted molar refractivity (Wildman–Crippen MR) is 66.7 cm³/mol. The van der Waals surface area contributed by atoms with Crippen molar-refractivity contribution in [2.45, 2.75) is 41.0 Å². The monoisotopic (exact) mass is 211 g/mol. The minimum Gasteiger partial charge on any atom is -0.479 e. The lowest BCUT2D eigenvalue weighted by Gasteiger charge is -2.23. The Bertz CT molecular complexity index is 211. The molecule has 0 aromatic rings. The molecule has 0 saturated heterocycles. The van der Waals surface area contributed by atoms with Crippen LogP contribution >= 0.6 is 0 Å². The van der Waals surface area contributed by atoms with Crippen molar-refractivity contribution in [1.29, 1.82) is 0 Å². The molecule has 0 aliphatic carbocycles. The Balaban J connectivity index is 4.54. The van der Waals surface area contributed by atoms with E-state index in [0.29, 0.717) is 0 Å². The average Bonchev–Trinajstić information content (AvgIpc) is 2.22. The molecule has 0 aliphatic heterocycles. The van der Waals surface area contributed by atoms with Gasteiger partial charge in [-0.1, -0.05) is 18.6 Å². The zero-order chi connectivity index (χ0) is 11.7. The Morgan fingerprint density at radius 3 is 2.07 bits per heavy atom. The van der Waals surface area contributed by atoms with E-state index in [-0.39, 0.29) is 0 Å². The van der Waals surface area contributed by atoms with Crippen LogP contribution in [-0.2, 0) is 4.74 Å². The quantitative estimate of drug-likeness (QED) is 0.471. The summed E-state index contributed by atoms with van der Waals surface area (Å²) in [5.74, 6) is 0.989. The molecule has 0 atom stereocenters.